The van der Waals surface area contributed by atoms with E-state index in [1.165, 1.54) is 0 Å². The summed E-state index contributed by atoms with van der Waals surface area (Å²) in [6.07, 6.45) is 1.68. The first-order valence-electron chi connectivity index (χ1n) is 4.91. The summed E-state index contributed by atoms with van der Waals surface area (Å²) in [6.45, 7) is 6.06. The van der Waals surface area contributed by atoms with Gasteiger partial charge >= 0.3 is 5.97 Å². The topological polar surface area (TPSA) is 55.4 Å². The van der Waals surface area contributed by atoms with Crippen LogP contribution < -0.4 is 5.32 Å². The van der Waals surface area contributed by atoms with E-state index < -0.39 is 17.4 Å². The lowest BCUT2D eigenvalue weighted by Crippen LogP contribution is -2.39. The van der Waals surface area contributed by atoms with Gasteiger partial charge in [0.05, 0.1) is 6.04 Å². The number of nitrogens with one attached hydrogen (secondary N) is 1. The van der Waals surface area contributed by atoms with Gasteiger partial charge in [-0.15, -0.1) is 0 Å². The molecule has 0 aliphatic carbocycles. The zero-order valence-corrected chi connectivity index (χ0v) is 8.92. The van der Waals surface area contributed by atoms with E-state index >= 15 is 0 Å². The molecule has 1 saturated heterocycles. The minimum atomic E-state index is -0.725. The average Bonchev–Trinajstić information content (AvgIpc) is 2.51. The van der Waals surface area contributed by atoms with Gasteiger partial charge in [-0.2, -0.15) is 0 Å². The molecular formula is C10H17NO3. The Morgan fingerprint density at radius 3 is 2.43 bits per heavy atom. The van der Waals surface area contributed by atoms with Crippen molar-refractivity contribution in [1.82, 2.24) is 5.32 Å². The van der Waals surface area contributed by atoms with Crippen LogP contribution in [0.2, 0.25) is 0 Å². The van der Waals surface area contributed by atoms with Gasteiger partial charge in [0.15, 0.2) is 0 Å². The van der Waals surface area contributed by atoms with Gasteiger partial charge in [0.25, 0.3) is 5.78 Å². The molecule has 1 heterocycles. The summed E-state index contributed by atoms with van der Waals surface area (Å²) < 4.78 is 4.98. The van der Waals surface area contributed by atoms with E-state index in [1.54, 1.807) is 20.8 Å². The second-order valence-electron chi connectivity index (χ2n) is 4.52. The summed E-state index contributed by atoms with van der Waals surface area (Å²) >= 11 is 0. The summed E-state index contributed by atoms with van der Waals surface area (Å²) in [6, 6.07) is -0.329. The van der Waals surface area contributed by atoms with E-state index in [-0.39, 0.29) is 6.04 Å². The predicted molar refractivity (Wildman–Crippen MR) is 51.9 cm³/mol. The number of Topliss-reactive ketones (excluding diaryl/α,β-unsaturated/α-hetero) is 1. The fourth-order valence-corrected chi connectivity index (χ4v) is 1.38. The molecule has 0 aromatic carbocycles. The number of hydrogen-bond acceptors (Lipinski definition) is 4. The van der Waals surface area contributed by atoms with Crippen molar-refractivity contribution in [3.05, 3.63) is 0 Å². The number of esters is 1. The van der Waals surface area contributed by atoms with Gasteiger partial charge in [0, 0.05) is 0 Å². The van der Waals surface area contributed by atoms with Crippen molar-refractivity contribution in [2.24, 2.45) is 0 Å². The molecule has 0 aromatic heterocycles. The lowest BCUT2D eigenvalue weighted by atomic mass is 10.1. The highest BCUT2D eigenvalue weighted by atomic mass is 16.6. The quantitative estimate of drug-likeness (QED) is 0.524. The highest BCUT2D eigenvalue weighted by molar-refractivity contribution is 6.35. The summed E-state index contributed by atoms with van der Waals surface area (Å²) in [5, 5.41) is 2.97. The molecule has 14 heavy (non-hydrogen) atoms. The van der Waals surface area contributed by atoms with Crippen LogP contribution in [-0.4, -0.2) is 29.9 Å². The van der Waals surface area contributed by atoms with Crippen molar-refractivity contribution in [1.29, 1.82) is 0 Å². The number of ether oxygens (including phenoxy) is 1. The Labute approximate surface area is 84.0 Å². The molecule has 0 spiro atoms. The Kier molecular flexibility index (Phi) is 3.26. The summed E-state index contributed by atoms with van der Waals surface area (Å²) in [5.41, 5.74) is -0.592. The first-order chi connectivity index (χ1) is 6.40. The van der Waals surface area contributed by atoms with Crippen LogP contribution in [0, 0.1) is 0 Å². The first kappa shape index (κ1) is 11.2. The smallest absolute Gasteiger partial charge is 0.376 e. The van der Waals surface area contributed by atoms with E-state index in [2.05, 4.69) is 5.32 Å². The van der Waals surface area contributed by atoms with E-state index in [4.69, 9.17) is 4.74 Å². The minimum absolute atomic E-state index is 0.329. The fourth-order valence-electron chi connectivity index (χ4n) is 1.38. The van der Waals surface area contributed by atoms with Gasteiger partial charge in [-0.3, -0.25) is 4.79 Å². The normalized spacial score (nSPS) is 22.1. The largest absolute Gasteiger partial charge is 0.454 e. The summed E-state index contributed by atoms with van der Waals surface area (Å²) in [5.74, 6) is -1.17. The second-order valence-corrected chi connectivity index (χ2v) is 4.52. The second kappa shape index (κ2) is 4.09. The highest BCUT2D eigenvalue weighted by Gasteiger charge is 2.31. The molecule has 1 aliphatic heterocycles. The number of hydrogen-bond donors (Lipinski definition) is 1. The van der Waals surface area contributed by atoms with Crippen LogP contribution in [-0.2, 0) is 14.3 Å². The van der Waals surface area contributed by atoms with Crippen molar-refractivity contribution in [3.8, 4) is 0 Å². The Morgan fingerprint density at radius 2 is 2.00 bits per heavy atom. The van der Waals surface area contributed by atoms with E-state index in [1.807, 2.05) is 0 Å². The molecule has 0 radical (unpaired) electrons. The maximum Gasteiger partial charge on any atom is 0.376 e. The van der Waals surface area contributed by atoms with Crippen molar-refractivity contribution in [2.45, 2.75) is 45.3 Å². The third kappa shape index (κ3) is 3.10. The molecule has 80 valence electrons. The fraction of sp³-hybridized carbons (Fsp3) is 0.800. The number of ketones is 1. The molecule has 0 bridgehead atoms. The molecule has 1 atom stereocenters. The lowest BCUT2D eigenvalue weighted by Gasteiger charge is -2.19. The highest BCUT2D eigenvalue weighted by Crippen LogP contribution is 2.11. The van der Waals surface area contributed by atoms with Gasteiger partial charge in [-0.25, -0.2) is 4.79 Å². The number of rotatable bonds is 2. The first-order valence-corrected chi connectivity index (χ1v) is 4.91. The molecule has 1 unspecified atom stereocenters. The zero-order chi connectivity index (χ0) is 10.8. The Morgan fingerprint density at radius 1 is 1.36 bits per heavy atom. The predicted octanol–water partition coefficient (Wildman–Crippen LogP) is 0.649. The summed E-state index contributed by atoms with van der Waals surface area (Å²) in [7, 11) is 0. The van der Waals surface area contributed by atoms with Crippen LogP contribution in [0.1, 0.15) is 33.6 Å². The summed E-state index contributed by atoms with van der Waals surface area (Å²) in [4.78, 5) is 22.8. The van der Waals surface area contributed by atoms with Gasteiger partial charge in [0.1, 0.15) is 5.60 Å². The molecule has 1 fully saturated rings. The van der Waals surface area contributed by atoms with Gasteiger partial charge in [-0.1, -0.05) is 0 Å². The third-order valence-corrected chi connectivity index (χ3v) is 1.98. The molecule has 1 aliphatic rings. The van der Waals surface area contributed by atoms with Gasteiger partial charge in [0.2, 0.25) is 0 Å². The van der Waals surface area contributed by atoms with Crippen LogP contribution in [0.25, 0.3) is 0 Å². The Balaban J connectivity index is 2.48. The van der Waals surface area contributed by atoms with Crippen molar-refractivity contribution < 1.29 is 14.3 Å². The number of carbonyl (C=O) groups excluding carboxylic acids is 2. The van der Waals surface area contributed by atoms with E-state index in [9.17, 15) is 9.59 Å². The minimum Gasteiger partial charge on any atom is -0.454 e. The lowest BCUT2D eigenvalue weighted by molar-refractivity contribution is -0.163. The maximum atomic E-state index is 11.5. The molecular weight excluding hydrogens is 182 g/mol. The monoisotopic (exact) mass is 199 g/mol. The third-order valence-electron chi connectivity index (χ3n) is 1.98. The Bertz CT molecular complexity index is 236. The van der Waals surface area contributed by atoms with Crippen LogP contribution in [0.4, 0.5) is 0 Å². The van der Waals surface area contributed by atoms with Gasteiger partial charge < -0.3 is 10.1 Å². The van der Waals surface area contributed by atoms with Crippen LogP contribution in [0.3, 0.4) is 0 Å². The van der Waals surface area contributed by atoms with Gasteiger partial charge in [-0.05, 0) is 40.2 Å². The molecule has 0 saturated carbocycles. The zero-order valence-electron chi connectivity index (χ0n) is 8.92. The molecule has 4 heteroatoms. The van der Waals surface area contributed by atoms with E-state index in [0.717, 1.165) is 19.4 Å². The molecule has 1 N–H and O–H groups in total. The van der Waals surface area contributed by atoms with Crippen molar-refractivity contribution in [3.63, 3.8) is 0 Å². The maximum absolute atomic E-state index is 11.5. The van der Waals surface area contributed by atoms with Crippen LogP contribution >= 0.6 is 0 Å². The average molecular weight is 199 g/mol. The molecule has 0 aromatic rings. The van der Waals surface area contributed by atoms with Crippen LogP contribution in [0.5, 0.6) is 0 Å². The molecule has 1 rings (SSSR count). The van der Waals surface area contributed by atoms with Crippen LogP contribution in [0.15, 0.2) is 0 Å². The molecule has 0 amide bonds. The standard InChI is InChI=1S/C10H17NO3/c1-10(2,3)14-9(13)8(12)7-5-4-6-11-7/h7,11H,4-6H2,1-3H3. The SMILES string of the molecule is CC(C)(C)OC(=O)C(=O)C1CCCN1. The van der Waals surface area contributed by atoms with Crippen molar-refractivity contribution in [2.75, 3.05) is 6.54 Å². The Hall–Kier alpha value is -0.900. The molecule has 4 nitrogen and oxygen atoms in total. The van der Waals surface area contributed by atoms with E-state index in [0.29, 0.717) is 0 Å². The number of carbonyl (C=O) groups is 2. The van der Waals surface area contributed by atoms with Crippen molar-refractivity contribution >= 4 is 11.8 Å².